The van der Waals surface area contributed by atoms with E-state index in [4.69, 9.17) is 0 Å². The van der Waals surface area contributed by atoms with Gasteiger partial charge in [0.1, 0.15) is 0 Å². The van der Waals surface area contributed by atoms with Crippen LogP contribution in [0.5, 0.6) is 0 Å². The summed E-state index contributed by atoms with van der Waals surface area (Å²) in [6, 6.07) is -0.414. The van der Waals surface area contributed by atoms with E-state index < -0.39 is 17.9 Å². The summed E-state index contributed by atoms with van der Waals surface area (Å²) in [4.78, 5) is 16.3. The number of nitrogens with one attached hydrogen (secondary N) is 1. The van der Waals surface area contributed by atoms with E-state index in [9.17, 15) is 18.0 Å². The second kappa shape index (κ2) is 6.38. The molecular formula is C16H23F3N4O. The Morgan fingerprint density at radius 2 is 1.96 bits per heavy atom. The minimum Gasteiger partial charge on any atom is -0.341 e. The van der Waals surface area contributed by atoms with Crippen LogP contribution < -0.4 is 0 Å². The summed E-state index contributed by atoms with van der Waals surface area (Å²) in [6.45, 7) is 6.11. The molecule has 3 rings (SSSR count). The van der Waals surface area contributed by atoms with Crippen LogP contribution in [0, 0.1) is 5.92 Å². The van der Waals surface area contributed by atoms with E-state index in [1.807, 2.05) is 9.80 Å². The third-order valence-corrected chi connectivity index (χ3v) is 5.23. The van der Waals surface area contributed by atoms with Crippen molar-refractivity contribution in [2.75, 3.05) is 19.6 Å². The van der Waals surface area contributed by atoms with Crippen LogP contribution in [0.3, 0.4) is 0 Å². The number of hydrogen-bond acceptors (Lipinski definition) is 3. The average Bonchev–Trinajstić information content (AvgIpc) is 2.97. The molecule has 1 aromatic rings. The molecule has 1 saturated heterocycles. The van der Waals surface area contributed by atoms with Crippen molar-refractivity contribution in [1.29, 1.82) is 0 Å². The molecule has 0 bridgehead atoms. The number of alkyl halides is 3. The molecule has 0 unspecified atom stereocenters. The van der Waals surface area contributed by atoms with Gasteiger partial charge in [0, 0.05) is 43.9 Å². The first-order valence-electron chi connectivity index (χ1n) is 8.43. The Balaban J connectivity index is 1.70. The second-order valence-corrected chi connectivity index (χ2v) is 6.93. The van der Waals surface area contributed by atoms with Crippen molar-refractivity contribution in [3.8, 4) is 0 Å². The largest absolute Gasteiger partial charge is 0.435 e. The monoisotopic (exact) mass is 344 g/mol. The van der Waals surface area contributed by atoms with Gasteiger partial charge in [0.25, 0.3) is 0 Å². The predicted molar refractivity (Wildman–Crippen MR) is 82.1 cm³/mol. The molecule has 8 heteroatoms. The van der Waals surface area contributed by atoms with Gasteiger partial charge in [0.2, 0.25) is 5.91 Å². The van der Waals surface area contributed by atoms with Gasteiger partial charge in [-0.1, -0.05) is 6.92 Å². The number of nitrogens with zero attached hydrogens (tertiary/aromatic N) is 3. The Morgan fingerprint density at radius 3 is 2.58 bits per heavy atom. The number of hydrogen-bond donors (Lipinski definition) is 1. The highest BCUT2D eigenvalue weighted by atomic mass is 19.4. The number of carbonyl (C=O) groups is 1. The number of carbonyl (C=O) groups excluding carboxylic acids is 1. The predicted octanol–water partition coefficient (Wildman–Crippen LogP) is 2.43. The highest BCUT2D eigenvalue weighted by molar-refractivity contribution is 5.81. The Kier molecular flexibility index (Phi) is 4.59. The van der Waals surface area contributed by atoms with Gasteiger partial charge in [-0.15, -0.1) is 0 Å². The number of likely N-dealkylation sites (tertiary alicyclic amines) is 1. The number of halogens is 3. The zero-order valence-corrected chi connectivity index (χ0v) is 14.0. The van der Waals surface area contributed by atoms with Crippen LogP contribution in [0.2, 0.25) is 0 Å². The standard InChI is InChI=1S/C16H23F3N4O/c1-10-3-6-22(7-4-10)15(24)11(2)23-8-5-13-12(9-23)14(21-20-13)16(17,18)19/h10-11H,3-9H2,1-2H3,(H,20,21)/t11-/m1/s1. The van der Waals surface area contributed by atoms with Crippen LogP contribution in [0.1, 0.15) is 43.6 Å². The Morgan fingerprint density at radius 1 is 1.29 bits per heavy atom. The molecule has 0 spiro atoms. The molecule has 3 heterocycles. The maximum absolute atomic E-state index is 13.0. The Hall–Kier alpha value is -1.57. The van der Waals surface area contributed by atoms with E-state index in [1.165, 1.54) is 0 Å². The van der Waals surface area contributed by atoms with Gasteiger partial charge in [-0.2, -0.15) is 18.3 Å². The molecule has 0 radical (unpaired) electrons. The molecule has 5 nitrogen and oxygen atoms in total. The molecule has 0 aromatic carbocycles. The summed E-state index contributed by atoms with van der Waals surface area (Å²) in [5, 5.41) is 5.93. The number of amides is 1. The summed E-state index contributed by atoms with van der Waals surface area (Å²) in [6.07, 6.45) is -2.04. The first-order valence-corrected chi connectivity index (χ1v) is 8.43. The van der Waals surface area contributed by atoms with E-state index in [0.717, 1.165) is 25.9 Å². The summed E-state index contributed by atoms with van der Waals surface area (Å²) < 4.78 is 39.1. The lowest BCUT2D eigenvalue weighted by Crippen LogP contribution is -2.50. The van der Waals surface area contributed by atoms with Crippen molar-refractivity contribution < 1.29 is 18.0 Å². The van der Waals surface area contributed by atoms with Gasteiger partial charge < -0.3 is 4.90 Å². The fourth-order valence-corrected chi connectivity index (χ4v) is 3.53. The van der Waals surface area contributed by atoms with Gasteiger partial charge >= 0.3 is 6.18 Å². The number of fused-ring (bicyclic) bond motifs is 1. The molecule has 1 amide bonds. The molecule has 1 fully saturated rings. The fraction of sp³-hybridized carbons (Fsp3) is 0.750. The van der Waals surface area contributed by atoms with Gasteiger partial charge in [0.05, 0.1) is 6.04 Å². The van der Waals surface area contributed by atoms with Crippen molar-refractivity contribution in [1.82, 2.24) is 20.0 Å². The molecule has 1 N–H and O–H groups in total. The van der Waals surface area contributed by atoms with Gasteiger partial charge in [-0.05, 0) is 25.7 Å². The van der Waals surface area contributed by atoms with Crippen LogP contribution in [0.25, 0.3) is 0 Å². The third kappa shape index (κ3) is 3.29. The molecule has 24 heavy (non-hydrogen) atoms. The SMILES string of the molecule is CC1CCN(C(=O)[C@@H](C)N2CCc3[nH]nc(C(F)(F)F)c3C2)CC1. The first-order chi connectivity index (χ1) is 11.3. The normalized spacial score (nSPS) is 21.6. The molecule has 2 aliphatic heterocycles. The molecule has 0 saturated carbocycles. The zero-order chi connectivity index (χ0) is 17.5. The maximum Gasteiger partial charge on any atom is 0.435 e. The van der Waals surface area contributed by atoms with Crippen molar-refractivity contribution in [3.05, 3.63) is 17.0 Å². The second-order valence-electron chi connectivity index (χ2n) is 6.93. The summed E-state index contributed by atoms with van der Waals surface area (Å²) >= 11 is 0. The molecular weight excluding hydrogens is 321 g/mol. The highest BCUT2D eigenvalue weighted by Gasteiger charge is 2.40. The topological polar surface area (TPSA) is 52.2 Å². The van der Waals surface area contributed by atoms with Crippen LogP contribution >= 0.6 is 0 Å². The van der Waals surface area contributed by atoms with E-state index >= 15 is 0 Å². The third-order valence-electron chi connectivity index (χ3n) is 5.23. The minimum atomic E-state index is -4.47. The molecule has 0 aliphatic carbocycles. The fourth-order valence-electron chi connectivity index (χ4n) is 3.53. The van der Waals surface area contributed by atoms with Crippen LogP contribution in [0.15, 0.2) is 0 Å². The van der Waals surface area contributed by atoms with E-state index in [-0.39, 0.29) is 18.0 Å². The number of rotatable bonds is 2. The number of piperidine rings is 1. The minimum absolute atomic E-state index is 0.0161. The van der Waals surface area contributed by atoms with Crippen molar-refractivity contribution >= 4 is 5.91 Å². The van der Waals surface area contributed by atoms with E-state index in [1.54, 1.807) is 6.92 Å². The summed E-state index contributed by atoms with van der Waals surface area (Å²) in [7, 11) is 0. The number of aromatic amines is 1. The average molecular weight is 344 g/mol. The Bertz CT molecular complexity index is 605. The lowest BCUT2D eigenvalue weighted by molar-refractivity contribution is -0.142. The smallest absolute Gasteiger partial charge is 0.341 e. The van der Waals surface area contributed by atoms with Gasteiger partial charge in [0.15, 0.2) is 5.69 Å². The van der Waals surface area contributed by atoms with Gasteiger partial charge in [-0.3, -0.25) is 14.8 Å². The van der Waals surface area contributed by atoms with Crippen molar-refractivity contribution in [2.24, 2.45) is 5.92 Å². The van der Waals surface area contributed by atoms with Crippen LogP contribution in [0.4, 0.5) is 13.2 Å². The number of aromatic nitrogens is 2. The summed E-state index contributed by atoms with van der Waals surface area (Å²) in [5.41, 5.74) is -0.140. The molecule has 134 valence electrons. The molecule has 2 aliphatic rings. The van der Waals surface area contributed by atoms with E-state index in [0.29, 0.717) is 24.6 Å². The van der Waals surface area contributed by atoms with Crippen LogP contribution in [-0.2, 0) is 23.9 Å². The number of H-pyrrole nitrogens is 1. The van der Waals surface area contributed by atoms with Gasteiger partial charge in [-0.25, -0.2) is 0 Å². The zero-order valence-electron chi connectivity index (χ0n) is 14.0. The molecule has 1 atom stereocenters. The van der Waals surface area contributed by atoms with Crippen molar-refractivity contribution in [2.45, 2.75) is 51.9 Å². The molecule has 1 aromatic heterocycles. The quantitative estimate of drug-likeness (QED) is 0.897. The Labute approximate surface area is 139 Å². The lowest BCUT2D eigenvalue weighted by atomic mass is 9.98. The lowest BCUT2D eigenvalue weighted by Gasteiger charge is -2.37. The van der Waals surface area contributed by atoms with Crippen molar-refractivity contribution in [3.63, 3.8) is 0 Å². The van der Waals surface area contributed by atoms with E-state index in [2.05, 4.69) is 17.1 Å². The first kappa shape index (κ1) is 17.3. The van der Waals surface area contributed by atoms with Crippen LogP contribution in [-0.4, -0.2) is 51.6 Å². The summed E-state index contributed by atoms with van der Waals surface area (Å²) in [5.74, 6) is 0.643. The highest BCUT2D eigenvalue weighted by Crippen LogP contribution is 2.34. The maximum atomic E-state index is 13.0.